The summed E-state index contributed by atoms with van der Waals surface area (Å²) in [7, 11) is 1.35. The van der Waals surface area contributed by atoms with Crippen molar-refractivity contribution < 1.29 is 14.6 Å². The number of likely N-dealkylation sites (tertiary alicyclic amines) is 1. The summed E-state index contributed by atoms with van der Waals surface area (Å²) in [4.78, 5) is 24.2. The first kappa shape index (κ1) is 22.2. The van der Waals surface area contributed by atoms with E-state index in [4.69, 9.17) is 32.9 Å². The van der Waals surface area contributed by atoms with Gasteiger partial charge in [-0.25, -0.2) is 9.78 Å². The van der Waals surface area contributed by atoms with E-state index in [1.165, 1.54) is 18.4 Å². The van der Waals surface area contributed by atoms with Crippen molar-refractivity contribution in [2.75, 3.05) is 26.7 Å². The molecule has 2 aliphatic rings. The van der Waals surface area contributed by atoms with Gasteiger partial charge in [0.05, 0.1) is 18.8 Å². The number of hydrogen-bond acceptors (Lipinski definition) is 8. The SMILES string of the molecule is COC(=O)C1=C(CN2CCCC(O)C2)NC(c2nccs2)=NC1c1ccc(Cl)cc1Cl. The summed E-state index contributed by atoms with van der Waals surface area (Å²) >= 11 is 14.0. The molecule has 0 radical (unpaired) electrons. The van der Waals surface area contributed by atoms with Gasteiger partial charge in [0.25, 0.3) is 0 Å². The molecule has 2 aromatic rings. The van der Waals surface area contributed by atoms with Crippen LogP contribution in [0, 0.1) is 0 Å². The first-order valence-electron chi connectivity index (χ1n) is 9.87. The molecule has 1 aromatic carbocycles. The molecule has 0 aliphatic carbocycles. The minimum atomic E-state index is -0.679. The zero-order valence-electron chi connectivity index (χ0n) is 16.8. The maximum atomic E-state index is 12.9. The van der Waals surface area contributed by atoms with Gasteiger partial charge >= 0.3 is 5.97 Å². The van der Waals surface area contributed by atoms with Gasteiger partial charge in [-0.05, 0) is 31.5 Å². The fraction of sp³-hybridized carbons (Fsp3) is 0.381. The minimum absolute atomic E-state index is 0.381. The Balaban J connectivity index is 1.80. The third-order valence-electron chi connectivity index (χ3n) is 5.29. The second kappa shape index (κ2) is 9.67. The number of β-amino-alcohol motifs (C(OH)–C–C–N with tert-alkyl or cyclic N) is 1. The highest BCUT2D eigenvalue weighted by Gasteiger charge is 2.34. The summed E-state index contributed by atoms with van der Waals surface area (Å²) in [6.07, 6.45) is 2.99. The van der Waals surface area contributed by atoms with Crippen LogP contribution in [0.25, 0.3) is 0 Å². The van der Waals surface area contributed by atoms with Gasteiger partial charge in [0.2, 0.25) is 0 Å². The van der Waals surface area contributed by atoms with Crippen molar-refractivity contribution >= 4 is 46.3 Å². The Morgan fingerprint density at radius 1 is 1.42 bits per heavy atom. The van der Waals surface area contributed by atoms with E-state index in [1.807, 2.05) is 5.38 Å². The summed E-state index contributed by atoms with van der Waals surface area (Å²) < 4.78 is 5.12. The monoisotopic (exact) mass is 480 g/mol. The number of halogens is 2. The van der Waals surface area contributed by atoms with Gasteiger partial charge in [0.1, 0.15) is 6.04 Å². The van der Waals surface area contributed by atoms with Crippen molar-refractivity contribution in [3.05, 3.63) is 61.7 Å². The lowest BCUT2D eigenvalue weighted by molar-refractivity contribution is -0.136. The van der Waals surface area contributed by atoms with Gasteiger partial charge in [-0.2, -0.15) is 0 Å². The second-order valence-electron chi connectivity index (χ2n) is 7.42. The number of aliphatic imine (C=N–C) groups is 1. The summed E-state index contributed by atoms with van der Waals surface area (Å²) in [6.45, 7) is 1.80. The molecule has 2 atom stereocenters. The quantitative estimate of drug-likeness (QED) is 0.637. The van der Waals surface area contributed by atoms with Crippen LogP contribution in [0.4, 0.5) is 0 Å². The number of hydrogen-bond donors (Lipinski definition) is 2. The molecular formula is C21H22Cl2N4O3S. The summed E-state index contributed by atoms with van der Waals surface area (Å²) in [5, 5.41) is 16.9. The van der Waals surface area contributed by atoms with Crippen LogP contribution in [0.2, 0.25) is 10.0 Å². The maximum absolute atomic E-state index is 12.9. The van der Waals surface area contributed by atoms with Gasteiger partial charge in [0.15, 0.2) is 10.8 Å². The van der Waals surface area contributed by atoms with Crippen molar-refractivity contribution in [1.29, 1.82) is 0 Å². The Hall–Kier alpha value is -1.97. The highest BCUT2D eigenvalue weighted by atomic mass is 35.5. The third kappa shape index (κ3) is 4.94. The number of nitrogens with zero attached hydrogens (tertiary/aromatic N) is 3. The molecule has 3 heterocycles. The Morgan fingerprint density at radius 3 is 2.94 bits per heavy atom. The molecule has 2 aliphatic heterocycles. The lowest BCUT2D eigenvalue weighted by Gasteiger charge is -2.34. The van der Waals surface area contributed by atoms with E-state index in [0.717, 1.165) is 19.4 Å². The number of aliphatic hydroxyl groups is 1. The standard InChI is InChI=1S/C21H22Cl2N4O3S/c1-30-21(29)17-16(11-27-7-2-3-13(28)10-27)25-19(20-24-6-8-31-20)26-18(17)14-5-4-12(22)9-15(14)23/h4-6,8-9,13,18,28H,2-3,7,10-11H2,1H3,(H,25,26). The number of piperidine rings is 1. The fourth-order valence-electron chi connectivity index (χ4n) is 3.87. The van der Waals surface area contributed by atoms with E-state index < -0.39 is 12.0 Å². The number of aliphatic hydroxyl groups excluding tert-OH is 1. The van der Waals surface area contributed by atoms with Gasteiger partial charge in [-0.3, -0.25) is 9.89 Å². The molecule has 4 rings (SSSR count). The average Bonchev–Trinajstić information content (AvgIpc) is 3.28. The fourth-order valence-corrected chi connectivity index (χ4v) is 4.97. The van der Waals surface area contributed by atoms with Gasteiger partial charge in [-0.15, -0.1) is 11.3 Å². The molecule has 10 heteroatoms. The van der Waals surface area contributed by atoms with E-state index in [2.05, 4.69) is 15.2 Å². The Kier molecular flexibility index (Phi) is 6.93. The van der Waals surface area contributed by atoms with Crippen LogP contribution in [0.5, 0.6) is 0 Å². The van der Waals surface area contributed by atoms with Crippen LogP contribution in [0.15, 0.2) is 46.0 Å². The number of amidine groups is 1. The molecule has 0 spiro atoms. The van der Waals surface area contributed by atoms with E-state index in [0.29, 0.717) is 50.8 Å². The molecule has 0 amide bonds. The number of benzene rings is 1. The topological polar surface area (TPSA) is 87.0 Å². The number of nitrogens with one attached hydrogen (secondary N) is 1. The molecule has 2 unspecified atom stereocenters. The van der Waals surface area contributed by atoms with Gasteiger partial charge < -0.3 is 15.2 Å². The maximum Gasteiger partial charge on any atom is 0.338 e. The average molecular weight is 481 g/mol. The number of aromatic nitrogens is 1. The minimum Gasteiger partial charge on any atom is -0.466 e. The predicted octanol–water partition coefficient (Wildman–Crippen LogP) is 3.42. The molecule has 0 saturated carbocycles. The van der Waals surface area contributed by atoms with Gasteiger partial charge in [-0.1, -0.05) is 29.3 Å². The molecular weight excluding hydrogens is 459 g/mol. The molecule has 31 heavy (non-hydrogen) atoms. The van der Waals surface area contributed by atoms with Crippen LogP contribution in [-0.2, 0) is 9.53 Å². The van der Waals surface area contributed by atoms with Crippen LogP contribution >= 0.6 is 34.5 Å². The molecule has 1 saturated heterocycles. The zero-order chi connectivity index (χ0) is 22.0. The van der Waals surface area contributed by atoms with Crippen molar-refractivity contribution in [3.8, 4) is 0 Å². The number of carbonyl (C=O) groups is 1. The van der Waals surface area contributed by atoms with Crippen LogP contribution in [0.1, 0.15) is 29.5 Å². The van der Waals surface area contributed by atoms with Crippen molar-refractivity contribution in [3.63, 3.8) is 0 Å². The summed E-state index contributed by atoms with van der Waals surface area (Å²) in [5.74, 6) is 0.0734. The lowest BCUT2D eigenvalue weighted by atomic mass is 9.95. The van der Waals surface area contributed by atoms with Gasteiger partial charge in [0, 0.05) is 46.0 Å². The number of esters is 1. The third-order valence-corrected chi connectivity index (χ3v) is 6.63. The molecule has 0 bridgehead atoms. The van der Waals surface area contributed by atoms with Crippen molar-refractivity contribution in [1.82, 2.24) is 15.2 Å². The Labute approximate surface area is 194 Å². The summed E-state index contributed by atoms with van der Waals surface area (Å²) in [5.41, 5.74) is 1.70. The first-order valence-corrected chi connectivity index (χ1v) is 11.5. The van der Waals surface area contributed by atoms with Crippen molar-refractivity contribution in [2.45, 2.75) is 25.0 Å². The van der Waals surface area contributed by atoms with E-state index in [-0.39, 0.29) is 6.10 Å². The van der Waals surface area contributed by atoms with E-state index >= 15 is 0 Å². The largest absolute Gasteiger partial charge is 0.466 e. The number of rotatable bonds is 5. The molecule has 2 N–H and O–H groups in total. The highest BCUT2D eigenvalue weighted by Crippen LogP contribution is 2.37. The molecule has 7 nitrogen and oxygen atoms in total. The lowest BCUT2D eigenvalue weighted by Crippen LogP contribution is -2.44. The Bertz CT molecular complexity index is 1030. The van der Waals surface area contributed by atoms with E-state index in [9.17, 15) is 9.90 Å². The first-order chi connectivity index (χ1) is 15.0. The molecule has 1 aromatic heterocycles. The molecule has 1 fully saturated rings. The number of ether oxygens (including phenoxy) is 1. The summed E-state index contributed by atoms with van der Waals surface area (Å²) in [6, 6.07) is 4.45. The highest BCUT2D eigenvalue weighted by molar-refractivity contribution is 7.11. The van der Waals surface area contributed by atoms with Crippen molar-refractivity contribution in [2.24, 2.45) is 4.99 Å². The predicted molar refractivity (Wildman–Crippen MR) is 122 cm³/mol. The van der Waals surface area contributed by atoms with Crippen LogP contribution < -0.4 is 5.32 Å². The number of thiazole rings is 1. The normalized spacial score (nSPS) is 22.1. The number of carbonyl (C=O) groups excluding carboxylic acids is 1. The van der Waals surface area contributed by atoms with Crippen LogP contribution in [0.3, 0.4) is 0 Å². The Morgan fingerprint density at radius 2 is 2.26 bits per heavy atom. The van der Waals surface area contributed by atoms with E-state index in [1.54, 1.807) is 24.4 Å². The zero-order valence-corrected chi connectivity index (χ0v) is 19.2. The van der Waals surface area contributed by atoms with Crippen LogP contribution in [-0.4, -0.2) is 59.6 Å². The smallest absolute Gasteiger partial charge is 0.338 e. The number of methoxy groups -OCH3 is 1. The second-order valence-corrected chi connectivity index (χ2v) is 9.16. The molecule has 164 valence electrons.